The van der Waals surface area contributed by atoms with E-state index in [9.17, 15) is 0 Å². The Hall–Kier alpha value is -2.92. The van der Waals surface area contributed by atoms with E-state index in [4.69, 9.17) is 10.2 Å². The maximum Gasteiger partial charge on any atom is 0.132 e. The number of fused-ring (bicyclic) bond motifs is 3. The number of aromatic nitrogens is 1. The molecule has 3 heterocycles. The number of nitrogens with zero attached hydrogens (tertiary/aromatic N) is 4. The minimum Gasteiger partial charge on any atom is -0.356 e. The Balaban J connectivity index is 1.64. The number of likely N-dealkylation sites (N-methyl/N-ethyl adjacent to an activating group) is 1. The van der Waals surface area contributed by atoms with Gasteiger partial charge in [-0.2, -0.15) is 0 Å². The molecule has 1 fully saturated rings. The first-order chi connectivity index (χ1) is 13.7. The molecule has 2 aromatic carbocycles. The smallest absolute Gasteiger partial charge is 0.132 e. The van der Waals surface area contributed by atoms with Crippen LogP contribution in [0.3, 0.4) is 0 Å². The maximum absolute atomic E-state index is 4.75. The zero-order chi connectivity index (χ0) is 19.1. The predicted octanol–water partition coefficient (Wildman–Crippen LogP) is 3.43. The lowest BCUT2D eigenvalue weighted by Gasteiger charge is -2.34. The fraction of sp³-hybridized carbons (Fsp3) is 0.304. The molecular formula is C23H25N5. The average Bonchev–Trinajstić information content (AvgIpc) is 2.97. The molecule has 5 rings (SSSR count). The molecule has 3 aromatic rings. The quantitative estimate of drug-likeness (QED) is 0.712. The summed E-state index contributed by atoms with van der Waals surface area (Å²) in [6.45, 7) is 6.24. The second kappa shape index (κ2) is 6.91. The van der Waals surface area contributed by atoms with Crippen LogP contribution in [0.4, 0.5) is 0 Å². The van der Waals surface area contributed by atoms with E-state index in [1.54, 1.807) is 0 Å². The van der Waals surface area contributed by atoms with Crippen LogP contribution < -0.4 is 0 Å². The third-order valence-electron chi connectivity index (χ3n) is 5.84. The molecule has 1 aromatic heterocycles. The summed E-state index contributed by atoms with van der Waals surface area (Å²) in [4.78, 5) is 8.38. The molecule has 2 aliphatic rings. The Morgan fingerprint density at radius 3 is 2.43 bits per heavy atom. The maximum atomic E-state index is 4.75. The van der Waals surface area contributed by atoms with Gasteiger partial charge in [-0.3, -0.25) is 0 Å². The van der Waals surface area contributed by atoms with E-state index in [-0.39, 0.29) is 0 Å². The predicted molar refractivity (Wildman–Crippen MR) is 115 cm³/mol. The first kappa shape index (κ1) is 17.2. The molecule has 5 heteroatoms. The zero-order valence-corrected chi connectivity index (χ0v) is 16.4. The Morgan fingerprint density at radius 2 is 1.64 bits per heavy atom. The van der Waals surface area contributed by atoms with Crippen LogP contribution in [-0.4, -0.2) is 59.6 Å². The Morgan fingerprint density at radius 1 is 0.893 bits per heavy atom. The molecule has 0 spiro atoms. The van der Waals surface area contributed by atoms with Crippen molar-refractivity contribution in [3.05, 3.63) is 70.9 Å². The summed E-state index contributed by atoms with van der Waals surface area (Å²) >= 11 is 0. The van der Waals surface area contributed by atoms with Crippen LogP contribution in [0.5, 0.6) is 0 Å². The number of amidine groups is 1. The van der Waals surface area contributed by atoms with Crippen LogP contribution >= 0.6 is 0 Å². The third kappa shape index (κ3) is 3.02. The monoisotopic (exact) mass is 371 g/mol. The Bertz CT molecular complexity index is 1070. The van der Waals surface area contributed by atoms with E-state index < -0.39 is 0 Å². The van der Waals surface area contributed by atoms with Crippen LogP contribution in [0.1, 0.15) is 22.4 Å². The van der Waals surface area contributed by atoms with Crippen molar-refractivity contribution in [1.82, 2.24) is 14.8 Å². The number of aromatic amines is 1. The summed E-state index contributed by atoms with van der Waals surface area (Å²) in [7, 11) is 2.18. The minimum atomic E-state index is 0.807. The summed E-state index contributed by atoms with van der Waals surface area (Å²) in [5, 5.41) is 10.8. The van der Waals surface area contributed by atoms with Gasteiger partial charge < -0.3 is 14.8 Å². The summed E-state index contributed by atoms with van der Waals surface area (Å²) in [6.07, 6.45) is 0.807. The SMILES string of the molecule is Cc1ccc(C2=NN=C(N3CCN(C)CC3)Cc3c2[nH]c2ccccc32)cc1. The number of para-hydroxylation sites is 1. The number of H-pyrrole nitrogens is 1. The third-order valence-corrected chi connectivity index (χ3v) is 5.84. The van der Waals surface area contributed by atoms with Gasteiger partial charge in [-0.15, -0.1) is 10.2 Å². The van der Waals surface area contributed by atoms with Crippen molar-refractivity contribution in [3.8, 4) is 0 Å². The van der Waals surface area contributed by atoms with E-state index >= 15 is 0 Å². The van der Waals surface area contributed by atoms with Gasteiger partial charge in [-0.1, -0.05) is 48.0 Å². The lowest BCUT2D eigenvalue weighted by Crippen LogP contribution is -2.47. The number of hydrogen-bond donors (Lipinski definition) is 1. The molecule has 0 saturated carbocycles. The molecule has 0 amide bonds. The Labute approximate surface area is 165 Å². The molecule has 0 unspecified atom stereocenters. The van der Waals surface area contributed by atoms with Crippen molar-refractivity contribution < 1.29 is 0 Å². The molecule has 28 heavy (non-hydrogen) atoms. The molecule has 5 nitrogen and oxygen atoms in total. The molecule has 0 aliphatic carbocycles. The molecule has 1 N–H and O–H groups in total. The fourth-order valence-corrected chi connectivity index (χ4v) is 4.09. The summed E-state index contributed by atoms with van der Waals surface area (Å²) in [5.41, 5.74) is 6.82. The van der Waals surface area contributed by atoms with E-state index in [2.05, 4.69) is 77.3 Å². The van der Waals surface area contributed by atoms with Crippen molar-refractivity contribution in [2.24, 2.45) is 10.2 Å². The van der Waals surface area contributed by atoms with Gasteiger partial charge in [0, 0.05) is 49.1 Å². The lowest BCUT2D eigenvalue weighted by molar-refractivity contribution is 0.213. The summed E-state index contributed by atoms with van der Waals surface area (Å²) in [6, 6.07) is 17.1. The van der Waals surface area contributed by atoms with Gasteiger partial charge in [0.2, 0.25) is 0 Å². The number of benzene rings is 2. The second-order valence-corrected chi connectivity index (χ2v) is 7.82. The van der Waals surface area contributed by atoms with E-state index in [1.807, 2.05) is 0 Å². The summed E-state index contributed by atoms with van der Waals surface area (Å²) in [5.74, 6) is 1.07. The van der Waals surface area contributed by atoms with Gasteiger partial charge in [0.25, 0.3) is 0 Å². The molecule has 0 bridgehead atoms. The number of nitrogens with one attached hydrogen (secondary N) is 1. The summed E-state index contributed by atoms with van der Waals surface area (Å²) < 4.78 is 0. The van der Waals surface area contributed by atoms with Crippen molar-refractivity contribution in [1.29, 1.82) is 0 Å². The molecule has 2 aliphatic heterocycles. The van der Waals surface area contributed by atoms with E-state index in [0.717, 1.165) is 60.9 Å². The van der Waals surface area contributed by atoms with Gasteiger partial charge in [0.15, 0.2) is 0 Å². The van der Waals surface area contributed by atoms with Crippen LogP contribution in [0, 0.1) is 6.92 Å². The number of piperazine rings is 1. The molecular weight excluding hydrogens is 346 g/mol. The van der Waals surface area contributed by atoms with Crippen LogP contribution in [-0.2, 0) is 6.42 Å². The van der Waals surface area contributed by atoms with Crippen molar-refractivity contribution in [3.63, 3.8) is 0 Å². The highest BCUT2D eigenvalue weighted by molar-refractivity contribution is 6.16. The highest BCUT2D eigenvalue weighted by Gasteiger charge is 2.25. The molecule has 142 valence electrons. The van der Waals surface area contributed by atoms with Crippen molar-refractivity contribution >= 4 is 22.5 Å². The van der Waals surface area contributed by atoms with Crippen molar-refractivity contribution in [2.75, 3.05) is 33.2 Å². The first-order valence-electron chi connectivity index (χ1n) is 9.94. The Kier molecular flexibility index (Phi) is 4.24. The topological polar surface area (TPSA) is 47.0 Å². The number of aryl methyl sites for hydroxylation is 1. The van der Waals surface area contributed by atoms with Crippen molar-refractivity contribution in [2.45, 2.75) is 13.3 Å². The second-order valence-electron chi connectivity index (χ2n) is 7.82. The van der Waals surface area contributed by atoms with Gasteiger partial charge in [-0.05, 0) is 25.6 Å². The highest BCUT2D eigenvalue weighted by atomic mass is 15.3. The van der Waals surface area contributed by atoms with E-state index in [1.165, 1.54) is 16.5 Å². The normalized spacial score (nSPS) is 17.9. The largest absolute Gasteiger partial charge is 0.356 e. The number of hydrogen-bond acceptors (Lipinski definition) is 4. The average molecular weight is 371 g/mol. The molecule has 0 atom stereocenters. The molecule has 0 radical (unpaired) electrons. The van der Waals surface area contributed by atoms with E-state index in [0.29, 0.717) is 0 Å². The van der Waals surface area contributed by atoms with Gasteiger partial charge >= 0.3 is 0 Å². The van der Waals surface area contributed by atoms with Gasteiger partial charge in [0.1, 0.15) is 11.5 Å². The standard InChI is InChI=1S/C23H25N5/c1-16-7-9-17(10-8-16)22-23-19(18-5-3-4-6-20(18)24-23)15-21(25-26-22)28-13-11-27(2)12-14-28/h3-10,24H,11-15H2,1-2H3. The molecule has 1 saturated heterocycles. The van der Waals surface area contributed by atoms with Crippen LogP contribution in [0.2, 0.25) is 0 Å². The lowest BCUT2D eigenvalue weighted by atomic mass is 9.99. The van der Waals surface area contributed by atoms with Crippen LogP contribution in [0.25, 0.3) is 10.9 Å². The minimum absolute atomic E-state index is 0.807. The first-order valence-corrected chi connectivity index (χ1v) is 9.94. The van der Waals surface area contributed by atoms with Gasteiger partial charge in [0.05, 0.1) is 5.69 Å². The highest BCUT2D eigenvalue weighted by Crippen LogP contribution is 2.28. The van der Waals surface area contributed by atoms with Gasteiger partial charge in [-0.25, -0.2) is 0 Å². The van der Waals surface area contributed by atoms with Crippen LogP contribution in [0.15, 0.2) is 58.7 Å². The fourth-order valence-electron chi connectivity index (χ4n) is 4.09. The number of rotatable bonds is 1. The zero-order valence-electron chi connectivity index (χ0n) is 16.4.